The van der Waals surface area contributed by atoms with Gasteiger partial charge >= 0.3 is 0 Å². The highest BCUT2D eigenvalue weighted by molar-refractivity contribution is 6.81. The summed E-state index contributed by atoms with van der Waals surface area (Å²) in [6, 6.07) is 0. The van der Waals surface area contributed by atoms with Crippen LogP contribution in [0, 0.1) is 0 Å². The lowest BCUT2D eigenvalue weighted by atomic mass is 10.5. The molecule has 0 rings (SSSR count). The SMILES string of the molecule is CC(C)(O[Si](C)(C)C(C)(C)O)[Si](C)(C)C. The molecule has 15 heavy (non-hydrogen) atoms. The molecule has 0 aromatic heterocycles. The highest BCUT2D eigenvalue weighted by Crippen LogP contribution is 2.32. The largest absolute Gasteiger partial charge is 0.412 e. The van der Waals surface area contributed by atoms with Crippen molar-refractivity contribution in [3.63, 3.8) is 0 Å². The van der Waals surface area contributed by atoms with Gasteiger partial charge in [0.15, 0.2) is 0 Å². The van der Waals surface area contributed by atoms with E-state index in [1.54, 1.807) is 0 Å². The van der Waals surface area contributed by atoms with E-state index in [1.807, 2.05) is 13.8 Å². The summed E-state index contributed by atoms with van der Waals surface area (Å²) in [5.41, 5.74) is 0. The van der Waals surface area contributed by atoms with Crippen LogP contribution in [0.2, 0.25) is 32.7 Å². The van der Waals surface area contributed by atoms with Gasteiger partial charge < -0.3 is 9.53 Å². The fraction of sp³-hybridized carbons (Fsp3) is 1.00. The molecule has 1 N–H and O–H groups in total. The Morgan fingerprint density at radius 2 is 1.20 bits per heavy atom. The standard InChI is InChI=1S/C11H28O2Si2/c1-10(2,12)15(8,9)13-11(3,4)14(5,6)7/h12H,1-9H3. The summed E-state index contributed by atoms with van der Waals surface area (Å²) >= 11 is 0. The Hall–Kier alpha value is 0.354. The molecule has 0 aliphatic heterocycles. The summed E-state index contributed by atoms with van der Waals surface area (Å²) in [7, 11) is -3.43. The smallest absolute Gasteiger partial charge is 0.217 e. The minimum Gasteiger partial charge on any atom is -0.412 e. The average molecular weight is 249 g/mol. The first-order valence-electron chi connectivity index (χ1n) is 5.63. The molecule has 0 aromatic rings. The maximum absolute atomic E-state index is 10.1. The highest BCUT2D eigenvalue weighted by Gasteiger charge is 2.47. The van der Waals surface area contributed by atoms with Gasteiger partial charge in [0.05, 0.1) is 13.3 Å². The Morgan fingerprint density at radius 1 is 0.867 bits per heavy atom. The summed E-state index contributed by atoms with van der Waals surface area (Å²) in [5, 5.41) is 9.36. The third kappa shape index (κ3) is 3.69. The van der Waals surface area contributed by atoms with Crippen LogP contribution in [-0.2, 0) is 4.43 Å². The van der Waals surface area contributed by atoms with Crippen molar-refractivity contribution in [2.75, 3.05) is 0 Å². The summed E-state index contributed by atoms with van der Waals surface area (Å²) < 4.78 is 6.30. The first kappa shape index (κ1) is 15.4. The maximum atomic E-state index is 10.1. The van der Waals surface area contributed by atoms with Crippen molar-refractivity contribution in [2.45, 2.75) is 70.9 Å². The van der Waals surface area contributed by atoms with Crippen molar-refractivity contribution in [1.29, 1.82) is 0 Å². The van der Waals surface area contributed by atoms with Gasteiger partial charge in [-0.1, -0.05) is 19.6 Å². The van der Waals surface area contributed by atoms with E-state index < -0.39 is 21.6 Å². The van der Waals surface area contributed by atoms with Crippen LogP contribution in [0.4, 0.5) is 0 Å². The molecule has 0 atom stereocenters. The lowest BCUT2D eigenvalue weighted by Crippen LogP contribution is -2.62. The number of hydrogen-bond donors (Lipinski definition) is 1. The minimum atomic E-state index is -2.06. The van der Waals surface area contributed by atoms with Crippen molar-refractivity contribution < 1.29 is 9.53 Å². The van der Waals surface area contributed by atoms with Crippen molar-refractivity contribution in [3.05, 3.63) is 0 Å². The van der Waals surface area contributed by atoms with Gasteiger partial charge in [0, 0.05) is 5.22 Å². The quantitative estimate of drug-likeness (QED) is 0.774. The van der Waals surface area contributed by atoms with Crippen LogP contribution in [0.5, 0.6) is 0 Å². The second-order valence-corrected chi connectivity index (χ2v) is 17.1. The Bertz CT molecular complexity index is 198. The van der Waals surface area contributed by atoms with Gasteiger partial charge in [-0.2, -0.15) is 0 Å². The van der Waals surface area contributed by atoms with Crippen molar-refractivity contribution >= 4 is 16.4 Å². The van der Waals surface area contributed by atoms with E-state index in [0.29, 0.717) is 0 Å². The van der Waals surface area contributed by atoms with E-state index in [0.717, 1.165) is 0 Å². The summed E-state index contributed by atoms with van der Waals surface area (Å²) in [4.78, 5) is 0. The average Bonchev–Trinajstić information content (AvgIpc) is 1.77. The number of aliphatic hydroxyl groups is 1. The molecule has 0 aliphatic rings. The summed E-state index contributed by atoms with van der Waals surface area (Å²) in [6.45, 7) is 19.2. The third-order valence-corrected chi connectivity index (χ3v) is 11.7. The normalized spacial score (nSPS) is 15.6. The molecule has 0 aromatic carbocycles. The molecule has 0 radical (unpaired) electrons. The number of rotatable bonds is 4. The Morgan fingerprint density at radius 3 is 1.40 bits per heavy atom. The molecular weight excluding hydrogens is 220 g/mol. The zero-order chi connectivity index (χ0) is 12.7. The second kappa shape index (κ2) is 3.98. The first-order chi connectivity index (χ1) is 6.21. The predicted molar refractivity (Wildman–Crippen MR) is 72.3 cm³/mol. The van der Waals surface area contributed by atoms with Crippen LogP contribution in [-0.4, -0.2) is 31.9 Å². The van der Waals surface area contributed by atoms with E-state index in [2.05, 4.69) is 46.6 Å². The van der Waals surface area contributed by atoms with Crippen molar-refractivity contribution in [2.24, 2.45) is 0 Å². The summed E-state index contributed by atoms with van der Waals surface area (Å²) in [5.74, 6) is 0. The van der Waals surface area contributed by atoms with Gasteiger partial charge in [-0.3, -0.25) is 0 Å². The lowest BCUT2D eigenvalue weighted by Gasteiger charge is -2.46. The van der Waals surface area contributed by atoms with Gasteiger partial charge in [-0.15, -0.1) is 0 Å². The lowest BCUT2D eigenvalue weighted by molar-refractivity contribution is 0.0886. The molecule has 0 heterocycles. The molecule has 0 saturated carbocycles. The molecule has 0 amide bonds. The maximum Gasteiger partial charge on any atom is 0.217 e. The molecule has 2 nitrogen and oxygen atoms in total. The molecule has 4 heteroatoms. The van der Waals surface area contributed by atoms with Gasteiger partial charge in [0.1, 0.15) is 0 Å². The Kier molecular flexibility index (Phi) is 4.08. The zero-order valence-electron chi connectivity index (χ0n) is 11.9. The van der Waals surface area contributed by atoms with Crippen LogP contribution in [0.15, 0.2) is 0 Å². The van der Waals surface area contributed by atoms with E-state index >= 15 is 0 Å². The molecular formula is C11H28O2Si2. The zero-order valence-corrected chi connectivity index (χ0v) is 13.9. The molecule has 0 unspecified atom stereocenters. The van der Waals surface area contributed by atoms with Crippen LogP contribution in [0.1, 0.15) is 27.7 Å². The van der Waals surface area contributed by atoms with Gasteiger partial charge in [0.25, 0.3) is 0 Å². The number of hydrogen-bond acceptors (Lipinski definition) is 2. The molecule has 0 saturated heterocycles. The second-order valence-electron chi connectivity index (χ2n) is 6.93. The van der Waals surface area contributed by atoms with E-state index in [1.165, 1.54) is 0 Å². The summed E-state index contributed by atoms with van der Waals surface area (Å²) in [6.07, 6.45) is 0. The monoisotopic (exact) mass is 248 g/mol. The van der Waals surface area contributed by atoms with Gasteiger partial charge in [-0.25, -0.2) is 0 Å². The molecule has 0 fully saturated rings. The van der Waals surface area contributed by atoms with Crippen LogP contribution < -0.4 is 0 Å². The van der Waals surface area contributed by atoms with E-state index in [4.69, 9.17) is 4.43 Å². The Balaban J connectivity index is 4.89. The topological polar surface area (TPSA) is 29.5 Å². The first-order valence-corrected chi connectivity index (χ1v) is 12.0. The molecule has 0 spiro atoms. The van der Waals surface area contributed by atoms with E-state index in [9.17, 15) is 5.11 Å². The van der Waals surface area contributed by atoms with Crippen LogP contribution >= 0.6 is 0 Å². The Labute approximate surface area is 97.2 Å². The van der Waals surface area contributed by atoms with Crippen LogP contribution in [0.25, 0.3) is 0 Å². The van der Waals surface area contributed by atoms with E-state index in [-0.39, 0.29) is 5.22 Å². The molecule has 0 aliphatic carbocycles. The molecule has 92 valence electrons. The van der Waals surface area contributed by atoms with Gasteiger partial charge in [0.2, 0.25) is 8.32 Å². The predicted octanol–water partition coefficient (Wildman–Crippen LogP) is 3.17. The minimum absolute atomic E-state index is 0.0806. The van der Waals surface area contributed by atoms with Gasteiger partial charge in [-0.05, 0) is 40.8 Å². The van der Waals surface area contributed by atoms with Crippen LogP contribution in [0.3, 0.4) is 0 Å². The van der Waals surface area contributed by atoms with Crippen molar-refractivity contribution in [1.82, 2.24) is 0 Å². The fourth-order valence-corrected chi connectivity index (χ4v) is 4.43. The fourth-order valence-electron chi connectivity index (χ4n) is 0.916. The highest BCUT2D eigenvalue weighted by atomic mass is 28.4. The van der Waals surface area contributed by atoms with Crippen molar-refractivity contribution in [3.8, 4) is 0 Å². The third-order valence-electron chi connectivity index (χ3n) is 3.79. The molecule has 0 bridgehead atoms.